The topological polar surface area (TPSA) is 75.4 Å². The first-order valence-corrected chi connectivity index (χ1v) is 7.59. The Morgan fingerprint density at radius 3 is 2.65 bits per heavy atom. The fourth-order valence-corrected chi connectivity index (χ4v) is 2.77. The highest BCUT2D eigenvalue weighted by Gasteiger charge is 2.23. The predicted octanol–water partition coefficient (Wildman–Crippen LogP) is 2.61. The summed E-state index contributed by atoms with van der Waals surface area (Å²) in [4.78, 5) is 12.1. The van der Waals surface area contributed by atoms with Crippen molar-refractivity contribution in [1.82, 2.24) is 10.5 Å². The number of amides is 1. The van der Waals surface area contributed by atoms with E-state index in [4.69, 9.17) is 4.52 Å². The van der Waals surface area contributed by atoms with Crippen LogP contribution in [0, 0.1) is 0 Å². The summed E-state index contributed by atoms with van der Waals surface area (Å²) >= 11 is 0. The van der Waals surface area contributed by atoms with E-state index >= 15 is 0 Å². The summed E-state index contributed by atoms with van der Waals surface area (Å²) in [6, 6.07) is 1.89. The molecule has 1 aromatic rings. The molecule has 0 aromatic carbocycles. The lowest BCUT2D eigenvalue weighted by Crippen LogP contribution is -2.38. The van der Waals surface area contributed by atoms with Crippen LogP contribution in [-0.2, 0) is 0 Å². The number of rotatable bonds is 5. The Kier molecular flexibility index (Phi) is 5.17. The van der Waals surface area contributed by atoms with Crippen molar-refractivity contribution in [1.29, 1.82) is 0 Å². The number of aromatic nitrogens is 1. The second-order valence-electron chi connectivity index (χ2n) is 5.61. The number of carbonyl (C=O) groups is 1. The van der Waals surface area contributed by atoms with Crippen molar-refractivity contribution in [3.63, 3.8) is 0 Å². The molecule has 2 rings (SSSR count). The summed E-state index contributed by atoms with van der Waals surface area (Å²) in [6.45, 7) is 4.21. The molecule has 0 atom stereocenters. The summed E-state index contributed by atoms with van der Waals surface area (Å²) < 4.78 is 5.16. The van der Waals surface area contributed by atoms with Crippen molar-refractivity contribution >= 4 is 5.91 Å². The van der Waals surface area contributed by atoms with Crippen LogP contribution >= 0.6 is 0 Å². The summed E-state index contributed by atoms with van der Waals surface area (Å²) in [6.07, 6.45) is 4.91. The molecule has 20 heavy (non-hydrogen) atoms. The fraction of sp³-hybridized carbons (Fsp3) is 0.733. The summed E-state index contributed by atoms with van der Waals surface area (Å²) in [7, 11) is 0. The summed E-state index contributed by atoms with van der Waals surface area (Å²) in [5, 5.41) is 16.4. The highest BCUT2D eigenvalue weighted by Crippen LogP contribution is 2.23. The number of aliphatic hydroxyl groups is 1. The lowest BCUT2D eigenvalue weighted by molar-refractivity contribution is 0.0835. The number of carbonyl (C=O) groups excluding carboxylic acids is 1. The van der Waals surface area contributed by atoms with Gasteiger partial charge in [0, 0.05) is 18.0 Å². The van der Waals surface area contributed by atoms with E-state index in [0.717, 1.165) is 44.2 Å². The molecule has 1 heterocycles. The molecule has 112 valence electrons. The standard InChI is InChI=1S/C15H24N2O3/c1-3-10(4-2)13-9-14(20-17-13)15(19)16-11-5-7-12(18)8-6-11/h9-12,18H,3-8H2,1-2H3,(H,16,19). The third-order valence-electron chi connectivity index (χ3n) is 4.19. The van der Waals surface area contributed by atoms with Crippen LogP contribution in [-0.4, -0.2) is 28.3 Å². The molecule has 0 radical (unpaired) electrons. The predicted molar refractivity (Wildman–Crippen MR) is 75.6 cm³/mol. The maximum atomic E-state index is 12.1. The Bertz CT molecular complexity index is 432. The smallest absolute Gasteiger partial charge is 0.290 e. The van der Waals surface area contributed by atoms with Crippen molar-refractivity contribution in [2.45, 2.75) is 70.4 Å². The monoisotopic (exact) mass is 280 g/mol. The molecule has 0 saturated heterocycles. The zero-order chi connectivity index (χ0) is 14.5. The SMILES string of the molecule is CCC(CC)c1cc(C(=O)NC2CCC(O)CC2)on1. The van der Waals surface area contributed by atoms with E-state index in [0.29, 0.717) is 5.92 Å². The van der Waals surface area contributed by atoms with E-state index < -0.39 is 0 Å². The van der Waals surface area contributed by atoms with Crippen LogP contribution in [0.25, 0.3) is 0 Å². The van der Waals surface area contributed by atoms with Crippen LogP contribution in [0.3, 0.4) is 0 Å². The van der Waals surface area contributed by atoms with Gasteiger partial charge in [0.15, 0.2) is 0 Å². The number of hydrogen-bond donors (Lipinski definition) is 2. The van der Waals surface area contributed by atoms with Crippen LogP contribution in [0.5, 0.6) is 0 Å². The molecule has 2 N–H and O–H groups in total. The molecule has 0 spiro atoms. The van der Waals surface area contributed by atoms with Crippen molar-refractivity contribution in [3.05, 3.63) is 17.5 Å². The largest absolute Gasteiger partial charge is 0.393 e. The molecule has 1 aromatic heterocycles. The van der Waals surface area contributed by atoms with E-state index in [1.54, 1.807) is 6.07 Å². The first-order chi connectivity index (χ1) is 9.63. The lowest BCUT2D eigenvalue weighted by Gasteiger charge is -2.25. The molecule has 0 bridgehead atoms. The average Bonchev–Trinajstić information content (AvgIpc) is 2.92. The van der Waals surface area contributed by atoms with Crippen LogP contribution in [0.1, 0.15) is 74.5 Å². The van der Waals surface area contributed by atoms with Crippen LogP contribution in [0.15, 0.2) is 10.6 Å². The quantitative estimate of drug-likeness (QED) is 0.869. The molecule has 1 amide bonds. The molecule has 5 nitrogen and oxygen atoms in total. The first kappa shape index (κ1) is 15.0. The van der Waals surface area contributed by atoms with Gasteiger partial charge in [-0.3, -0.25) is 4.79 Å². The molecule has 1 fully saturated rings. The average molecular weight is 280 g/mol. The molecule has 1 aliphatic rings. The second kappa shape index (κ2) is 6.88. The zero-order valence-electron chi connectivity index (χ0n) is 12.3. The van der Waals surface area contributed by atoms with E-state index in [1.165, 1.54) is 0 Å². The van der Waals surface area contributed by atoms with E-state index in [1.807, 2.05) is 0 Å². The minimum absolute atomic E-state index is 0.132. The van der Waals surface area contributed by atoms with Crippen LogP contribution < -0.4 is 5.32 Å². The molecular formula is C15H24N2O3. The van der Waals surface area contributed by atoms with Gasteiger partial charge in [-0.05, 0) is 38.5 Å². The molecular weight excluding hydrogens is 256 g/mol. The maximum absolute atomic E-state index is 12.1. The highest BCUT2D eigenvalue weighted by molar-refractivity contribution is 5.91. The van der Waals surface area contributed by atoms with Crippen LogP contribution in [0.4, 0.5) is 0 Å². The maximum Gasteiger partial charge on any atom is 0.290 e. The first-order valence-electron chi connectivity index (χ1n) is 7.59. The Hall–Kier alpha value is -1.36. The Morgan fingerprint density at radius 1 is 1.40 bits per heavy atom. The number of nitrogens with zero attached hydrogens (tertiary/aromatic N) is 1. The van der Waals surface area contributed by atoms with Gasteiger partial charge in [-0.2, -0.15) is 0 Å². The summed E-state index contributed by atoms with van der Waals surface area (Å²) in [5.74, 6) is 0.444. The number of hydrogen-bond acceptors (Lipinski definition) is 4. The van der Waals surface area contributed by atoms with Gasteiger partial charge < -0.3 is 14.9 Å². The Labute approximate surface area is 119 Å². The minimum Gasteiger partial charge on any atom is -0.393 e. The third kappa shape index (κ3) is 3.60. The van der Waals surface area contributed by atoms with Gasteiger partial charge >= 0.3 is 0 Å². The van der Waals surface area contributed by atoms with Crippen molar-refractivity contribution in [2.75, 3.05) is 0 Å². The Morgan fingerprint density at radius 2 is 2.05 bits per heavy atom. The summed E-state index contributed by atoms with van der Waals surface area (Å²) in [5.41, 5.74) is 0.860. The highest BCUT2D eigenvalue weighted by atomic mass is 16.5. The van der Waals surface area contributed by atoms with Gasteiger partial charge in [0.25, 0.3) is 5.91 Å². The Balaban J connectivity index is 1.92. The van der Waals surface area contributed by atoms with Gasteiger partial charge in [0.05, 0.1) is 11.8 Å². The van der Waals surface area contributed by atoms with E-state index in [-0.39, 0.29) is 23.8 Å². The van der Waals surface area contributed by atoms with E-state index in [2.05, 4.69) is 24.3 Å². The van der Waals surface area contributed by atoms with Crippen molar-refractivity contribution in [3.8, 4) is 0 Å². The molecule has 0 unspecified atom stereocenters. The lowest BCUT2D eigenvalue weighted by atomic mass is 9.93. The molecule has 0 aliphatic heterocycles. The number of nitrogens with one attached hydrogen (secondary N) is 1. The van der Waals surface area contributed by atoms with Gasteiger partial charge in [-0.1, -0.05) is 19.0 Å². The van der Waals surface area contributed by atoms with Crippen molar-refractivity contribution < 1.29 is 14.4 Å². The minimum atomic E-state index is -0.213. The second-order valence-corrected chi connectivity index (χ2v) is 5.61. The van der Waals surface area contributed by atoms with E-state index in [9.17, 15) is 9.90 Å². The van der Waals surface area contributed by atoms with Gasteiger partial charge in [0.1, 0.15) is 0 Å². The van der Waals surface area contributed by atoms with Gasteiger partial charge in [0.2, 0.25) is 5.76 Å². The molecule has 1 saturated carbocycles. The van der Waals surface area contributed by atoms with Crippen LogP contribution in [0.2, 0.25) is 0 Å². The fourth-order valence-electron chi connectivity index (χ4n) is 2.77. The zero-order valence-corrected chi connectivity index (χ0v) is 12.3. The molecule has 5 heteroatoms. The number of aliphatic hydroxyl groups excluding tert-OH is 1. The van der Waals surface area contributed by atoms with Gasteiger partial charge in [-0.15, -0.1) is 0 Å². The normalized spacial score (nSPS) is 23.0. The molecule has 1 aliphatic carbocycles. The third-order valence-corrected chi connectivity index (χ3v) is 4.19. The van der Waals surface area contributed by atoms with Gasteiger partial charge in [-0.25, -0.2) is 0 Å². The van der Waals surface area contributed by atoms with Crippen molar-refractivity contribution in [2.24, 2.45) is 0 Å².